The second kappa shape index (κ2) is 3.96. The largest absolute Gasteiger partial charge is 0.478 e. The van der Waals surface area contributed by atoms with Gasteiger partial charge in [-0.3, -0.25) is 0 Å². The molecule has 0 aromatic carbocycles. The Kier molecular flexibility index (Phi) is 2.68. The van der Waals surface area contributed by atoms with E-state index in [2.05, 4.69) is 0 Å². The summed E-state index contributed by atoms with van der Waals surface area (Å²) in [6.45, 7) is 0. The van der Waals surface area contributed by atoms with Gasteiger partial charge in [0.05, 0.1) is 5.57 Å². The molecule has 1 aromatic rings. The van der Waals surface area contributed by atoms with Gasteiger partial charge in [0.25, 0.3) is 0 Å². The topological polar surface area (TPSA) is 37.3 Å². The zero-order chi connectivity index (χ0) is 9.97. The van der Waals surface area contributed by atoms with Crippen LogP contribution in [-0.2, 0) is 4.79 Å². The minimum Gasteiger partial charge on any atom is -0.478 e. The van der Waals surface area contributed by atoms with Crippen LogP contribution in [0.5, 0.6) is 0 Å². The van der Waals surface area contributed by atoms with Crippen molar-refractivity contribution in [2.24, 2.45) is 0 Å². The number of hydrogen-bond donors (Lipinski definition) is 1. The molecule has 0 spiro atoms. The van der Waals surface area contributed by atoms with Crippen molar-refractivity contribution < 1.29 is 9.90 Å². The van der Waals surface area contributed by atoms with E-state index >= 15 is 0 Å². The van der Waals surface area contributed by atoms with Crippen LogP contribution in [-0.4, -0.2) is 11.1 Å². The molecule has 1 aliphatic rings. The van der Waals surface area contributed by atoms with E-state index in [9.17, 15) is 4.79 Å². The molecule has 1 fully saturated rings. The SMILES string of the molecule is O=C(O)C(=C1CCCC1)c1ccsc1. The lowest BCUT2D eigenvalue weighted by Crippen LogP contribution is -2.01. The maximum absolute atomic E-state index is 11.1. The van der Waals surface area contributed by atoms with Gasteiger partial charge in [0.2, 0.25) is 0 Å². The lowest BCUT2D eigenvalue weighted by Gasteiger charge is -2.04. The predicted molar refractivity (Wildman–Crippen MR) is 57.3 cm³/mol. The van der Waals surface area contributed by atoms with Gasteiger partial charge < -0.3 is 5.11 Å². The molecule has 0 saturated heterocycles. The number of allylic oxidation sites excluding steroid dienone is 1. The average molecular weight is 208 g/mol. The first-order valence-corrected chi connectivity index (χ1v) is 5.71. The second-order valence-electron chi connectivity index (χ2n) is 3.50. The van der Waals surface area contributed by atoms with Crippen LogP contribution < -0.4 is 0 Å². The Labute approximate surface area is 86.9 Å². The van der Waals surface area contributed by atoms with Gasteiger partial charge in [0.15, 0.2) is 0 Å². The van der Waals surface area contributed by atoms with E-state index in [0.717, 1.165) is 36.8 Å². The third-order valence-electron chi connectivity index (χ3n) is 2.58. The molecule has 0 aliphatic heterocycles. The molecule has 1 saturated carbocycles. The van der Waals surface area contributed by atoms with Crippen LogP contribution >= 0.6 is 11.3 Å². The highest BCUT2D eigenvalue weighted by Crippen LogP contribution is 2.32. The summed E-state index contributed by atoms with van der Waals surface area (Å²) in [6, 6.07) is 1.89. The van der Waals surface area contributed by atoms with E-state index in [1.165, 1.54) is 0 Å². The van der Waals surface area contributed by atoms with Gasteiger partial charge in [-0.2, -0.15) is 11.3 Å². The van der Waals surface area contributed by atoms with Crippen LogP contribution in [0.15, 0.2) is 22.4 Å². The summed E-state index contributed by atoms with van der Waals surface area (Å²) >= 11 is 1.55. The first-order chi connectivity index (χ1) is 6.79. The van der Waals surface area contributed by atoms with Crippen molar-refractivity contribution in [1.82, 2.24) is 0 Å². The molecular weight excluding hydrogens is 196 g/mol. The maximum atomic E-state index is 11.1. The number of aliphatic carboxylic acids is 1. The molecule has 1 heterocycles. The van der Waals surface area contributed by atoms with Crippen LogP contribution in [0.4, 0.5) is 0 Å². The van der Waals surface area contributed by atoms with Crippen molar-refractivity contribution in [3.63, 3.8) is 0 Å². The number of carboxylic acid groups (broad SMARTS) is 1. The number of carbonyl (C=O) groups is 1. The Hall–Kier alpha value is -1.09. The van der Waals surface area contributed by atoms with Gasteiger partial charge in [-0.1, -0.05) is 5.57 Å². The lowest BCUT2D eigenvalue weighted by atomic mass is 10.0. The van der Waals surface area contributed by atoms with Gasteiger partial charge in [-0.15, -0.1) is 0 Å². The van der Waals surface area contributed by atoms with Crippen molar-refractivity contribution in [2.75, 3.05) is 0 Å². The Bertz CT molecular complexity index is 355. The normalized spacial score (nSPS) is 15.9. The number of carboxylic acids is 1. The van der Waals surface area contributed by atoms with E-state index in [1.807, 2.05) is 16.8 Å². The molecule has 0 atom stereocenters. The zero-order valence-corrected chi connectivity index (χ0v) is 8.64. The van der Waals surface area contributed by atoms with Gasteiger partial charge >= 0.3 is 5.97 Å². The highest BCUT2D eigenvalue weighted by molar-refractivity contribution is 7.08. The van der Waals surface area contributed by atoms with Crippen LogP contribution in [0.1, 0.15) is 31.2 Å². The highest BCUT2D eigenvalue weighted by Gasteiger charge is 2.19. The fourth-order valence-corrected chi connectivity index (χ4v) is 2.58. The minimum absolute atomic E-state index is 0.545. The summed E-state index contributed by atoms with van der Waals surface area (Å²) in [5.41, 5.74) is 2.54. The fraction of sp³-hybridized carbons (Fsp3) is 0.364. The van der Waals surface area contributed by atoms with E-state index in [1.54, 1.807) is 11.3 Å². The van der Waals surface area contributed by atoms with Gasteiger partial charge in [0, 0.05) is 0 Å². The van der Waals surface area contributed by atoms with E-state index in [4.69, 9.17) is 5.11 Å². The number of hydrogen-bond acceptors (Lipinski definition) is 2. The van der Waals surface area contributed by atoms with Gasteiger partial charge in [-0.05, 0) is 48.1 Å². The first kappa shape index (κ1) is 9.46. The molecule has 2 rings (SSSR count). The van der Waals surface area contributed by atoms with Crippen molar-refractivity contribution in [1.29, 1.82) is 0 Å². The van der Waals surface area contributed by atoms with E-state index in [0.29, 0.717) is 5.57 Å². The molecule has 3 heteroatoms. The van der Waals surface area contributed by atoms with E-state index in [-0.39, 0.29) is 0 Å². The smallest absolute Gasteiger partial charge is 0.336 e. The van der Waals surface area contributed by atoms with Crippen molar-refractivity contribution >= 4 is 22.9 Å². The lowest BCUT2D eigenvalue weighted by molar-refractivity contribution is -0.130. The third kappa shape index (κ3) is 1.73. The Balaban J connectivity index is 2.42. The summed E-state index contributed by atoms with van der Waals surface area (Å²) in [4.78, 5) is 11.1. The fourth-order valence-electron chi connectivity index (χ4n) is 1.94. The molecule has 0 unspecified atom stereocenters. The molecule has 0 bridgehead atoms. The Morgan fingerprint density at radius 1 is 1.36 bits per heavy atom. The summed E-state index contributed by atoms with van der Waals surface area (Å²) in [5, 5.41) is 13.0. The highest BCUT2D eigenvalue weighted by atomic mass is 32.1. The quantitative estimate of drug-likeness (QED) is 0.758. The van der Waals surface area contributed by atoms with Crippen molar-refractivity contribution in [3.05, 3.63) is 28.0 Å². The van der Waals surface area contributed by atoms with Gasteiger partial charge in [0.1, 0.15) is 0 Å². The maximum Gasteiger partial charge on any atom is 0.336 e. The molecule has 0 radical (unpaired) electrons. The molecule has 2 nitrogen and oxygen atoms in total. The molecule has 1 aliphatic carbocycles. The summed E-state index contributed by atoms with van der Waals surface area (Å²) in [7, 11) is 0. The number of thiophene rings is 1. The molecule has 1 N–H and O–H groups in total. The summed E-state index contributed by atoms with van der Waals surface area (Å²) in [5.74, 6) is -0.778. The molecule has 14 heavy (non-hydrogen) atoms. The minimum atomic E-state index is -0.778. The molecular formula is C11H12O2S. The third-order valence-corrected chi connectivity index (χ3v) is 3.27. The number of rotatable bonds is 2. The van der Waals surface area contributed by atoms with Crippen molar-refractivity contribution in [3.8, 4) is 0 Å². The van der Waals surface area contributed by atoms with Crippen LogP contribution in [0, 0.1) is 0 Å². The summed E-state index contributed by atoms with van der Waals surface area (Å²) in [6.07, 6.45) is 4.18. The first-order valence-electron chi connectivity index (χ1n) is 4.77. The monoisotopic (exact) mass is 208 g/mol. The van der Waals surface area contributed by atoms with E-state index < -0.39 is 5.97 Å². The predicted octanol–water partition coefficient (Wildman–Crippen LogP) is 3.16. The molecule has 0 amide bonds. The Morgan fingerprint density at radius 2 is 2.07 bits per heavy atom. The second-order valence-corrected chi connectivity index (χ2v) is 4.28. The zero-order valence-electron chi connectivity index (χ0n) is 7.82. The standard InChI is InChI=1S/C11H12O2S/c12-11(13)10(8-3-1-2-4-8)9-5-6-14-7-9/h5-7H,1-4H2,(H,12,13). The van der Waals surface area contributed by atoms with Crippen LogP contribution in [0.2, 0.25) is 0 Å². The Morgan fingerprint density at radius 3 is 2.57 bits per heavy atom. The molecule has 74 valence electrons. The van der Waals surface area contributed by atoms with Crippen LogP contribution in [0.3, 0.4) is 0 Å². The van der Waals surface area contributed by atoms with Crippen molar-refractivity contribution in [2.45, 2.75) is 25.7 Å². The van der Waals surface area contributed by atoms with Gasteiger partial charge in [-0.25, -0.2) is 4.79 Å². The van der Waals surface area contributed by atoms with Crippen LogP contribution in [0.25, 0.3) is 5.57 Å². The summed E-state index contributed by atoms with van der Waals surface area (Å²) < 4.78 is 0. The molecule has 1 aromatic heterocycles. The average Bonchev–Trinajstić information content (AvgIpc) is 2.75.